The fourth-order valence-corrected chi connectivity index (χ4v) is 5.97. The average molecular weight is 462 g/mol. The number of benzene rings is 1. The van der Waals surface area contributed by atoms with Crippen molar-refractivity contribution in [3.8, 4) is 0 Å². The van der Waals surface area contributed by atoms with Crippen LogP contribution < -0.4 is 15.8 Å². The van der Waals surface area contributed by atoms with Gasteiger partial charge < -0.3 is 15.2 Å². The van der Waals surface area contributed by atoms with Crippen LogP contribution in [0.5, 0.6) is 0 Å². The number of fused-ring (bicyclic) bond motifs is 4. The molecule has 0 bridgehead atoms. The summed E-state index contributed by atoms with van der Waals surface area (Å²) in [5.41, 5.74) is 4.13. The Labute approximate surface area is 197 Å². The van der Waals surface area contributed by atoms with Crippen LogP contribution in [0.3, 0.4) is 0 Å². The van der Waals surface area contributed by atoms with Crippen LogP contribution in [0.15, 0.2) is 35.3 Å². The van der Waals surface area contributed by atoms with Crippen molar-refractivity contribution in [2.24, 2.45) is 0 Å². The van der Waals surface area contributed by atoms with Gasteiger partial charge in [-0.2, -0.15) is 0 Å². The second-order valence-corrected chi connectivity index (χ2v) is 9.58. The largest absolute Gasteiger partial charge is 0.364 e. The molecule has 3 heterocycles. The number of nitrogens with zero attached hydrogens (tertiary/aromatic N) is 3. The first kappa shape index (κ1) is 21.3. The Hall–Kier alpha value is -3.26. The first-order valence-corrected chi connectivity index (χ1v) is 12.1. The number of halogens is 1. The molecule has 6 rings (SSSR count). The summed E-state index contributed by atoms with van der Waals surface area (Å²) in [5.74, 6) is -0.488. The predicted octanol–water partition coefficient (Wildman–Crippen LogP) is 2.76. The zero-order chi connectivity index (χ0) is 23.4. The maximum atomic E-state index is 15.5. The lowest BCUT2D eigenvalue weighted by Crippen LogP contribution is -2.64. The van der Waals surface area contributed by atoms with Gasteiger partial charge in [0.05, 0.1) is 17.4 Å². The molecule has 3 aromatic rings. The Balaban J connectivity index is 1.22. The van der Waals surface area contributed by atoms with Gasteiger partial charge in [0.15, 0.2) is 5.82 Å². The topological polar surface area (TPSA) is 81.3 Å². The summed E-state index contributed by atoms with van der Waals surface area (Å²) in [4.78, 5) is 36.1. The number of piperazine rings is 1. The van der Waals surface area contributed by atoms with Crippen LogP contribution in [0.1, 0.15) is 46.4 Å². The maximum absolute atomic E-state index is 15.5. The van der Waals surface area contributed by atoms with Crippen LogP contribution >= 0.6 is 0 Å². The molecule has 3 aliphatic rings. The van der Waals surface area contributed by atoms with E-state index in [0.29, 0.717) is 35.4 Å². The van der Waals surface area contributed by atoms with Crippen LogP contribution in [0.2, 0.25) is 0 Å². The molecule has 0 radical (unpaired) electrons. The van der Waals surface area contributed by atoms with Crippen LogP contribution in [0.4, 0.5) is 10.1 Å². The number of nitrogens with one attached hydrogen (secondary N) is 2. The van der Waals surface area contributed by atoms with E-state index in [0.717, 1.165) is 67.4 Å². The van der Waals surface area contributed by atoms with Crippen molar-refractivity contribution in [3.63, 3.8) is 0 Å². The van der Waals surface area contributed by atoms with Gasteiger partial charge in [-0.05, 0) is 49.8 Å². The van der Waals surface area contributed by atoms with Crippen molar-refractivity contribution in [1.29, 1.82) is 0 Å². The lowest BCUT2D eigenvalue weighted by molar-refractivity contribution is 0.0650. The number of anilines is 1. The van der Waals surface area contributed by atoms with Gasteiger partial charge in [-0.3, -0.25) is 14.5 Å². The van der Waals surface area contributed by atoms with Gasteiger partial charge in [0, 0.05) is 55.3 Å². The highest BCUT2D eigenvalue weighted by atomic mass is 19.1. The lowest BCUT2D eigenvalue weighted by Gasteiger charge is -2.54. The SMILES string of the molecule is CNC(=O)c1ccc(N2CCN(Cc3ccc4c5c(c(=O)[nH]c4c3F)CCC5)[C@H]3CC[C@H]32)cn1. The highest BCUT2D eigenvalue weighted by Gasteiger charge is 2.43. The minimum Gasteiger partial charge on any atom is -0.364 e. The number of aromatic amines is 1. The molecule has 2 aliphatic carbocycles. The van der Waals surface area contributed by atoms with E-state index in [2.05, 4.69) is 25.1 Å². The molecule has 2 fully saturated rings. The van der Waals surface area contributed by atoms with Gasteiger partial charge in [0.2, 0.25) is 0 Å². The molecule has 2 atom stereocenters. The van der Waals surface area contributed by atoms with E-state index < -0.39 is 0 Å². The third-order valence-corrected chi connectivity index (χ3v) is 7.89. The number of pyridine rings is 2. The summed E-state index contributed by atoms with van der Waals surface area (Å²) in [7, 11) is 1.60. The molecule has 1 amide bonds. The van der Waals surface area contributed by atoms with Gasteiger partial charge in [-0.1, -0.05) is 12.1 Å². The second kappa shape index (κ2) is 8.20. The zero-order valence-corrected chi connectivity index (χ0v) is 19.2. The molecule has 2 aromatic heterocycles. The second-order valence-electron chi connectivity index (χ2n) is 9.58. The van der Waals surface area contributed by atoms with Crippen molar-refractivity contribution < 1.29 is 9.18 Å². The van der Waals surface area contributed by atoms with Crippen LogP contribution in [0, 0.1) is 5.82 Å². The molecule has 0 spiro atoms. The third kappa shape index (κ3) is 3.31. The Morgan fingerprint density at radius 2 is 1.97 bits per heavy atom. The summed E-state index contributed by atoms with van der Waals surface area (Å²) in [6.45, 7) is 2.17. The van der Waals surface area contributed by atoms with Crippen LogP contribution in [-0.4, -0.2) is 53.0 Å². The quantitative estimate of drug-likeness (QED) is 0.625. The monoisotopic (exact) mass is 461 g/mol. The van der Waals surface area contributed by atoms with Gasteiger partial charge in [-0.25, -0.2) is 9.37 Å². The summed E-state index contributed by atoms with van der Waals surface area (Å²) >= 11 is 0. The molecule has 2 N–H and O–H groups in total. The standard InChI is InChI=1S/C26H28FN5O2/c1-28-26(34)20-8-6-16(13-29-20)32-12-11-31(21-9-10-22(21)32)14-15-5-7-18-17-3-2-4-19(17)25(33)30-24(18)23(15)27/h5-8,13,21-22H,2-4,9-12,14H2,1H3,(H,28,34)(H,30,33)/t21-,22+/m0/s1. The molecule has 176 valence electrons. The van der Waals surface area contributed by atoms with E-state index >= 15 is 4.39 Å². The zero-order valence-electron chi connectivity index (χ0n) is 19.2. The highest BCUT2D eigenvalue weighted by molar-refractivity contribution is 5.92. The van der Waals surface area contributed by atoms with Crippen molar-refractivity contribution in [1.82, 2.24) is 20.2 Å². The number of carbonyl (C=O) groups is 1. The van der Waals surface area contributed by atoms with E-state index in [1.165, 1.54) is 0 Å². The molecule has 8 heteroatoms. The van der Waals surface area contributed by atoms with Crippen molar-refractivity contribution in [2.45, 2.75) is 50.7 Å². The number of carbonyl (C=O) groups excluding carboxylic acids is 1. The number of hydrogen-bond donors (Lipinski definition) is 2. The van der Waals surface area contributed by atoms with E-state index in [9.17, 15) is 9.59 Å². The lowest BCUT2D eigenvalue weighted by atomic mass is 9.81. The maximum Gasteiger partial charge on any atom is 0.269 e. The molecular weight excluding hydrogens is 433 g/mol. The Bertz CT molecular complexity index is 1340. The number of amides is 1. The van der Waals surface area contributed by atoms with E-state index in [1.807, 2.05) is 18.2 Å². The van der Waals surface area contributed by atoms with E-state index in [4.69, 9.17) is 0 Å². The predicted molar refractivity (Wildman–Crippen MR) is 129 cm³/mol. The first-order valence-electron chi connectivity index (χ1n) is 12.1. The van der Waals surface area contributed by atoms with Crippen molar-refractivity contribution >= 4 is 22.5 Å². The van der Waals surface area contributed by atoms with Gasteiger partial charge >= 0.3 is 0 Å². The molecule has 1 saturated carbocycles. The van der Waals surface area contributed by atoms with Crippen molar-refractivity contribution in [2.75, 3.05) is 25.0 Å². The fourth-order valence-electron chi connectivity index (χ4n) is 5.97. The highest BCUT2D eigenvalue weighted by Crippen LogP contribution is 2.38. The minimum atomic E-state index is -0.295. The Morgan fingerprint density at radius 1 is 1.15 bits per heavy atom. The number of H-pyrrole nitrogens is 1. The smallest absolute Gasteiger partial charge is 0.269 e. The van der Waals surface area contributed by atoms with Crippen LogP contribution in [0.25, 0.3) is 10.9 Å². The molecular formula is C26H28FN5O2. The summed E-state index contributed by atoms with van der Waals surface area (Å²) in [6.07, 6.45) is 6.51. The average Bonchev–Trinajstić information content (AvgIpc) is 3.33. The summed E-state index contributed by atoms with van der Waals surface area (Å²) in [5, 5.41) is 3.45. The molecule has 1 saturated heterocycles. The molecule has 7 nitrogen and oxygen atoms in total. The van der Waals surface area contributed by atoms with Gasteiger partial charge in [0.25, 0.3) is 11.5 Å². The number of rotatable bonds is 4. The van der Waals surface area contributed by atoms with Crippen molar-refractivity contribution in [3.05, 3.63) is 69.0 Å². The first-order chi connectivity index (χ1) is 16.5. The number of aromatic nitrogens is 2. The molecule has 1 aromatic carbocycles. The van der Waals surface area contributed by atoms with Crippen LogP contribution in [-0.2, 0) is 19.4 Å². The summed E-state index contributed by atoms with van der Waals surface area (Å²) in [6, 6.07) is 8.31. The van der Waals surface area contributed by atoms with E-state index in [1.54, 1.807) is 19.3 Å². The van der Waals surface area contributed by atoms with Gasteiger partial charge in [0.1, 0.15) is 5.69 Å². The minimum absolute atomic E-state index is 0.139. The molecule has 0 unspecified atom stereocenters. The fraction of sp³-hybridized carbons (Fsp3) is 0.423. The van der Waals surface area contributed by atoms with Gasteiger partial charge in [-0.15, -0.1) is 0 Å². The Morgan fingerprint density at radius 3 is 2.71 bits per heavy atom. The van der Waals surface area contributed by atoms with E-state index in [-0.39, 0.29) is 17.3 Å². The third-order valence-electron chi connectivity index (χ3n) is 7.89. The molecule has 1 aliphatic heterocycles. The number of hydrogen-bond acceptors (Lipinski definition) is 5. The molecule has 34 heavy (non-hydrogen) atoms. The Kier molecular flexibility index (Phi) is 5.13. The number of aryl methyl sites for hydroxylation is 1. The summed E-state index contributed by atoms with van der Waals surface area (Å²) < 4.78 is 15.5. The normalized spacial score (nSPS) is 21.8.